The van der Waals surface area contributed by atoms with Crippen LogP contribution in [0.2, 0.25) is 0 Å². The van der Waals surface area contributed by atoms with Crippen molar-refractivity contribution in [3.63, 3.8) is 0 Å². The van der Waals surface area contributed by atoms with Crippen molar-refractivity contribution in [2.75, 3.05) is 5.32 Å². The maximum atomic E-state index is 11.3. The molecule has 2 N–H and O–H groups in total. The minimum atomic E-state index is -0.303. The van der Waals surface area contributed by atoms with Gasteiger partial charge >= 0.3 is 5.69 Å². The summed E-state index contributed by atoms with van der Waals surface area (Å²) in [5.41, 5.74) is 0.215. The Morgan fingerprint density at radius 1 is 1.56 bits per heavy atom. The van der Waals surface area contributed by atoms with Crippen LogP contribution in [0.1, 0.15) is 18.7 Å². The first-order valence-electron chi connectivity index (χ1n) is 5.47. The van der Waals surface area contributed by atoms with E-state index in [0.717, 1.165) is 5.76 Å². The van der Waals surface area contributed by atoms with E-state index in [1.165, 1.54) is 10.7 Å². The molecule has 7 nitrogen and oxygen atoms in total. The second kappa shape index (κ2) is 4.02. The lowest BCUT2D eigenvalue weighted by Gasteiger charge is -2.11. The lowest BCUT2D eigenvalue weighted by Crippen LogP contribution is -2.11. The maximum Gasteiger partial charge on any atom is 0.348 e. The number of rotatable bonds is 3. The van der Waals surface area contributed by atoms with Gasteiger partial charge in [-0.1, -0.05) is 0 Å². The van der Waals surface area contributed by atoms with Gasteiger partial charge in [-0.3, -0.25) is 0 Å². The van der Waals surface area contributed by atoms with E-state index >= 15 is 0 Å². The molecule has 0 fully saturated rings. The molecular weight excluding hydrogens is 234 g/mol. The van der Waals surface area contributed by atoms with Gasteiger partial charge < -0.3 is 9.73 Å². The summed E-state index contributed by atoms with van der Waals surface area (Å²) in [5.74, 6) is 1.45. The molecule has 0 spiro atoms. The summed E-state index contributed by atoms with van der Waals surface area (Å²) in [6, 6.07) is 5.39. The van der Waals surface area contributed by atoms with Crippen LogP contribution >= 0.6 is 0 Å². The first-order valence-corrected chi connectivity index (χ1v) is 5.47. The van der Waals surface area contributed by atoms with Crippen molar-refractivity contribution < 1.29 is 4.42 Å². The molecule has 18 heavy (non-hydrogen) atoms. The molecule has 7 heteroatoms. The van der Waals surface area contributed by atoms with E-state index in [4.69, 9.17) is 4.42 Å². The van der Waals surface area contributed by atoms with Crippen molar-refractivity contribution in [2.24, 2.45) is 0 Å². The third-order valence-electron chi connectivity index (χ3n) is 2.64. The molecule has 0 saturated carbocycles. The molecule has 0 radical (unpaired) electrons. The standard InChI is InChI=1S/C11H11N5O2/c1-7(8-3-2-4-18-8)13-9-5-10-14-15-11(17)16(10)6-12-9/h2-7,13H,1H3,(H,15,17). The zero-order valence-corrected chi connectivity index (χ0v) is 9.62. The van der Waals surface area contributed by atoms with Crippen LogP contribution in [0.3, 0.4) is 0 Å². The molecule has 0 aliphatic heterocycles. The van der Waals surface area contributed by atoms with Gasteiger partial charge in [-0.25, -0.2) is 19.3 Å². The highest BCUT2D eigenvalue weighted by Gasteiger charge is 2.09. The van der Waals surface area contributed by atoms with Gasteiger partial charge in [0, 0.05) is 6.07 Å². The Bertz CT molecular complexity index is 712. The Hall–Kier alpha value is -2.57. The van der Waals surface area contributed by atoms with E-state index in [2.05, 4.69) is 20.5 Å². The van der Waals surface area contributed by atoms with Crippen LogP contribution in [0.5, 0.6) is 0 Å². The summed E-state index contributed by atoms with van der Waals surface area (Å²) < 4.78 is 6.63. The number of furan rings is 1. The minimum absolute atomic E-state index is 0.0133. The largest absolute Gasteiger partial charge is 0.467 e. The van der Waals surface area contributed by atoms with Crippen molar-refractivity contribution in [2.45, 2.75) is 13.0 Å². The molecule has 3 rings (SSSR count). The summed E-state index contributed by atoms with van der Waals surface area (Å²) in [6.07, 6.45) is 3.05. The van der Waals surface area contributed by atoms with Gasteiger partial charge in [-0.05, 0) is 19.1 Å². The average Bonchev–Trinajstić information content (AvgIpc) is 2.99. The number of hydrogen-bond acceptors (Lipinski definition) is 5. The van der Waals surface area contributed by atoms with Gasteiger partial charge in [0.1, 0.15) is 17.9 Å². The monoisotopic (exact) mass is 245 g/mol. The number of anilines is 1. The fourth-order valence-electron chi connectivity index (χ4n) is 1.72. The number of hydrogen-bond donors (Lipinski definition) is 2. The SMILES string of the molecule is CC(Nc1cc2n[nH]c(=O)n2cn1)c1ccco1. The van der Waals surface area contributed by atoms with E-state index in [1.807, 2.05) is 19.1 Å². The second-order valence-electron chi connectivity index (χ2n) is 3.91. The quantitative estimate of drug-likeness (QED) is 0.723. The van der Waals surface area contributed by atoms with Gasteiger partial charge in [0.15, 0.2) is 5.65 Å². The topological polar surface area (TPSA) is 88.2 Å². The van der Waals surface area contributed by atoms with E-state index < -0.39 is 0 Å². The van der Waals surface area contributed by atoms with Gasteiger partial charge in [-0.2, -0.15) is 5.10 Å². The Kier molecular flexibility index (Phi) is 2.36. The molecule has 0 aromatic carbocycles. The summed E-state index contributed by atoms with van der Waals surface area (Å²) in [5, 5.41) is 9.40. The Labute approximate surface area is 101 Å². The van der Waals surface area contributed by atoms with E-state index in [9.17, 15) is 4.79 Å². The predicted octanol–water partition coefficient (Wildman–Crippen LogP) is 1.18. The van der Waals surface area contributed by atoms with Gasteiger partial charge in [0.25, 0.3) is 0 Å². The van der Waals surface area contributed by atoms with Crippen LogP contribution in [0.25, 0.3) is 5.65 Å². The molecule has 0 amide bonds. The fourth-order valence-corrected chi connectivity index (χ4v) is 1.72. The zero-order valence-electron chi connectivity index (χ0n) is 9.62. The predicted molar refractivity (Wildman–Crippen MR) is 64.4 cm³/mol. The van der Waals surface area contributed by atoms with Crippen LogP contribution in [0, 0.1) is 0 Å². The van der Waals surface area contributed by atoms with Crippen LogP contribution < -0.4 is 11.0 Å². The first-order chi connectivity index (χ1) is 8.74. The molecule has 0 aliphatic carbocycles. The first kappa shape index (κ1) is 10.6. The molecule has 1 unspecified atom stereocenters. The lowest BCUT2D eigenvalue weighted by atomic mass is 10.2. The molecule has 1 atom stereocenters. The molecular formula is C11H11N5O2. The van der Waals surface area contributed by atoms with E-state index in [0.29, 0.717) is 11.5 Å². The number of H-pyrrole nitrogens is 1. The maximum absolute atomic E-state index is 11.3. The van der Waals surface area contributed by atoms with Crippen LogP contribution in [-0.4, -0.2) is 19.6 Å². The van der Waals surface area contributed by atoms with Crippen LogP contribution in [0.15, 0.2) is 40.0 Å². The number of aromatic amines is 1. The summed E-state index contributed by atoms with van der Waals surface area (Å²) in [4.78, 5) is 15.4. The Morgan fingerprint density at radius 2 is 2.44 bits per heavy atom. The van der Waals surface area contributed by atoms with E-state index in [1.54, 1.807) is 12.3 Å². The van der Waals surface area contributed by atoms with Crippen molar-refractivity contribution >= 4 is 11.5 Å². The number of nitrogens with one attached hydrogen (secondary N) is 2. The average molecular weight is 245 g/mol. The number of aromatic nitrogens is 4. The Balaban J connectivity index is 1.89. The normalized spacial score (nSPS) is 12.7. The van der Waals surface area contributed by atoms with Crippen molar-refractivity contribution in [1.29, 1.82) is 0 Å². The highest BCUT2D eigenvalue weighted by Crippen LogP contribution is 2.17. The van der Waals surface area contributed by atoms with E-state index in [-0.39, 0.29) is 11.7 Å². The molecule has 3 aromatic rings. The third kappa shape index (κ3) is 1.75. The molecule has 0 saturated heterocycles. The van der Waals surface area contributed by atoms with Crippen molar-refractivity contribution in [1.82, 2.24) is 19.6 Å². The summed E-state index contributed by atoms with van der Waals surface area (Å²) in [6.45, 7) is 1.96. The minimum Gasteiger partial charge on any atom is -0.467 e. The second-order valence-corrected chi connectivity index (χ2v) is 3.91. The lowest BCUT2D eigenvalue weighted by molar-refractivity contribution is 0.490. The summed E-state index contributed by atoms with van der Waals surface area (Å²) in [7, 11) is 0. The molecule has 92 valence electrons. The highest BCUT2D eigenvalue weighted by atomic mass is 16.3. The van der Waals surface area contributed by atoms with Gasteiger partial charge in [0.2, 0.25) is 0 Å². The molecule has 3 aromatic heterocycles. The van der Waals surface area contributed by atoms with Crippen molar-refractivity contribution in [3.05, 3.63) is 47.0 Å². The van der Waals surface area contributed by atoms with Gasteiger partial charge in [-0.15, -0.1) is 0 Å². The summed E-state index contributed by atoms with van der Waals surface area (Å²) >= 11 is 0. The smallest absolute Gasteiger partial charge is 0.348 e. The van der Waals surface area contributed by atoms with Gasteiger partial charge in [0.05, 0.1) is 12.3 Å². The highest BCUT2D eigenvalue weighted by molar-refractivity contribution is 5.49. The molecule has 0 bridgehead atoms. The van der Waals surface area contributed by atoms with Crippen LogP contribution in [0.4, 0.5) is 5.82 Å². The molecule has 0 aliphatic rings. The fraction of sp³-hybridized carbons (Fsp3) is 0.182. The number of nitrogens with zero attached hydrogens (tertiary/aromatic N) is 3. The Morgan fingerprint density at radius 3 is 3.22 bits per heavy atom. The zero-order chi connectivity index (χ0) is 12.5. The number of fused-ring (bicyclic) bond motifs is 1. The van der Waals surface area contributed by atoms with Crippen LogP contribution in [-0.2, 0) is 0 Å². The van der Waals surface area contributed by atoms with Crippen molar-refractivity contribution in [3.8, 4) is 0 Å². The molecule has 3 heterocycles. The third-order valence-corrected chi connectivity index (χ3v) is 2.64.